The quantitative estimate of drug-likeness (QED) is 0.836. The van der Waals surface area contributed by atoms with Gasteiger partial charge in [-0.15, -0.1) is 0 Å². The van der Waals surface area contributed by atoms with E-state index in [1.807, 2.05) is 37.8 Å². The van der Waals surface area contributed by atoms with Crippen molar-refractivity contribution in [2.24, 2.45) is 5.41 Å². The molecule has 1 spiro atoms. The molecule has 138 valence electrons. The number of hydrogen-bond donors (Lipinski definition) is 1. The molecule has 0 saturated carbocycles. The highest BCUT2D eigenvalue weighted by molar-refractivity contribution is 5.68. The van der Waals surface area contributed by atoms with E-state index < -0.39 is 5.60 Å². The van der Waals surface area contributed by atoms with Gasteiger partial charge < -0.3 is 15.0 Å². The van der Waals surface area contributed by atoms with Crippen LogP contribution in [0.15, 0.2) is 24.3 Å². The molecule has 2 fully saturated rings. The predicted molar refractivity (Wildman–Crippen MR) is 96.1 cm³/mol. The van der Waals surface area contributed by atoms with Crippen LogP contribution in [0.3, 0.4) is 0 Å². The number of carbonyl (C=O) groups excluding carboxylic acids is 1. The van der Waals surface area contributed by atoms with Gasteiger partial charge >= 0.3 is 6.09 Å². The number of halogens is 1. The Morgan fingerprint density at radius 2 is 1.84 bits per heavy atom. The van der Waals surface area contributed by atoms with E-state index in [4.69, 9.17) is 4.74 Å². The Balaban J connectivity index is 1.84. The molecular weight excluding hydrogens is 319 g/mol. The summed E-state index contributed by atoms with van der Waals surface area (Å²) in [5, 5.41) is 3.44. The zero-order valence-corrected chi connectivity index (χ0v) is 15.5. The molecule has 1 N–H and O–H groups in total. The van der Waals surface area contributed by atoms with Crippen molar-refractivity contribution in [3.8, 4) is 0 Å². The Morgan fingerprint density at radius 1 is 1.20 bits per heavy atom. The molecule has 0 aromatic heterocycles. The lowest BCUT2D eigenvalue weighted by molar-refractivity contribution is -0.00240. The number of likely N-dealkylation sites (tertiary alicyclic amines) is 1. The lowest BCUT2D eigenvalue weighted by atomic mass is 9.62. The van der Waals surface area contributed by atoms with Crippen molar-refractivity contribution in [2.75, 3.05) is 26.2 Å². The average Bonchev–Trinajstić information content (AvgIpc) is 2.55. The smallest absolute Gasteiger partial charge is 0.410 e. The van der Waals surface area contributed by atoms with E-state index in [0.717, 1.165) is 44.5 Å². The molecule has 1 aromatic carbocycles. The highest BCUT2D eigenvalue weighted by Crippen LogP contribution is 2.49. The third-order valence-electron chi connectivity index (χ3n) is 5.55. The highest BCUT2D eigenvalue weighted by atomic mass is 19.1. The van der Waals surface area contributed by atoms with Crippen molar-refractivity contribution in [3.63, 3.8) is 0 Å². The van der Waals surface area contributed by atoms with Crippen LogP contribution in [0.25, 0.3) is 0 Å². The highest BCUT2D eigenvalue weighted by Gasteiger charge is 2.45. The second kappa shape index (κ2) is 6.94. The van der Waals surface area contributed by atoms with Crippen molar-refractivity contribution < 1.29 is 13.9 Å². The first-order chi connectivity index (χ1) is 11.8. The van der Waals surface area contributed by atoms with Gasteiger partial charge in [0.1, 0.15) is 11.4 Å². The van der Waals surface area contributed by atoms with Gasteiger partial charge in [0.05, 0.1) is 0 Å². The molecule has 2 aliphatic rings. The lowest BCUT2D eigenvalue weighted by Gasteiger charge is -2.50. The molecule has 2 heterocycles. The summed E-state index contributed by atoms with van der Waals surface area (Å²) in [5.41, 5.74) is 0.810. The van der Waals surface area contributed by atoms with Crippen molar-refractivity contribution in [2.45, 2.75) is 51.6 Å². The van der Waals surface area contributed by atoms with Crippen LogP contribution in [0.4, 0.5) is 9.18 Å². The number of benzene rings is 1. The Labute approximate surface area is 149 Å². The molecule has 25 heavy (non-hydrogen) atoms. The zero-order chi connectivity index (χ0) is 18.1. The second-order valence-electron chi connectivity index (χ2n) is 8.39. The summed E-state index contributed by atoms with van der Waals surface area (Å²) in [6, 6.07) is 6.80. The molecule has 4 nitrogen and oxygen atoms in total. The molecule has 0 bridgehead atoms. The van der Waals surface area contributed by atoms with E-state index in [-0.39, 0.29) is 23.2 Å². The van der Waals surface area contributed by atoms with Crippen LogP contribution >= 0.6 is 0 Å². The molecule has 1 atom stereocenters. The van der Waals surface area contributed by atoms with Crippen molar-refractivity contribution in [1.29, 1.82) is 0 Å². The van der Waals surface area contributed by atoms with E-state index in [0.29, 0.717) is 6.54 Å². The summed E-state index contributed by atoms with van der Waals surface area (Å²) < 4.78 is 19.0. The van der Waals surface area contributed by atoms with Gasteiger partial charge in [-0.2, -0.15) is 0 Å². The molecule has 0 aliphatic carbocycles. The van der Waals surface area contributed by atoms with E-state index >= 15 is 0 Å². The summed E-state index contributed by atoms with van der Waals surface area (Å²) in [5.74, 6) is -0.000568. The molecular formula is C20H29FN2O2. The van der Waals surface area contributed by atoms with Gasteiger partial charge in [0.25, 0.3) is 0 Å². The number of amides is 1. The van der Waals surface area contributed by atoms with Gasteiger partial charge in [0, 0.05) is 19.0 Å². The SMILES string of the molecule is CC(C)(C)OC(=O)N1CCC2(CCNCC2)[C@H](c2ccc(F)cc2)C1. The Hall–Kier alpha value is -1.62. The summed E-state index contributed by atoms with van der Waals surface area (Å²) in [4.78, 5) is 14.4. The molecule has 2 saturated heterocycles. The van der Waals surface area contributed by atoms with Gasteiger partial charge in [0.15, 0.2) is 0 Å². The zero-order valence-electron chi connectivity index (χ0n) is 15.5. The molecule has 0 unspecified atom stereocenters. The van der Waals surface area contributed by atoms with Crippen molar-refractivity contribution in [3.05, 3.63) is 35.6 Å². The van der Waals surface area contributed by atoms with Crippen LogP contribution in [0.1, 0.15) is 51.5 Å². The Morgan fingerprint density at radius 3 is 2.44 bits per heavy atom. The Bertz CT molecular complexity index is 603. The predicted octanol–water partition coefficient (Wildman–Crippen LogP) is 3.92. The maximum absolute atomic E-state index is 13.4. The average molecular weight is 348 g/mol. The molecule has 5 heteroatoms. The van der Waals surface area contributed by atoms with Gasteiger partial charge in [-0.25, -0.2) is 9.18 Å². The summed E-state index contributed by atoms with van der Waals surface area (Å²) >= 11 is 0. The molecule has 1 aromatic rings. The summed E-state index contributed by atoms with van der Waals surface area (Å²) in [6.45, 7) is 9.04. The largest absolute Gasteiger partial charge is 0.444 e. The first kappa shape index (κ1) is 18.2. The van der Waals surface area contributed by atoms with Crippen LogP contribution < -0.4 is 5.32 Å². The van der Waals surface area contributed by atoms with Gasteiger partial charge in [0.2, 0.25) is 0 Å². The van der Waals surface area contributed by atoms with E-state index in [1.165, 1.54) is 12.1 Å². The number of rotatable bonds is 1. The fourth-order valence-electron chi connectivity index (χ4n) is 4.21. The number of hydrogen-bond acceptors (Lipinski definition) is 3. The van der Waals surface area contributed by atoms with Crippen LogP contribution in [0.5, 0.6) is 0 Å². The van der Waals surface area contributed by atoms with Crippen LogP contribution in [-0.4, -0.2) is 42.8 Å². The molecule has 1 amide bonds. The van der Waals surface area contributed by atoms with Crippen LogP contribution in [-0.2, 0) is 4.74 Å². The number of nitrogens with zero attached hydrogens (tertiary/aromatic N) is 1. The van der Waals surface area contributed by atoms with Crippen LogP contribution in [0.2, 0.25) is 0 Å². The fourth-order valence-corrected chi connectivity index (χ4v) is 4.21. The van der Waals surface area contributed by atoms with E-state index in [1.54, 1.807) is 0 Å². The third-order valence-corrected chi connectivity index (χ3v) is 5.55. The maximum Gasteiger partial charge on any atom is 0.410 e. The minimum absolute atomic E-state index is 0.182. The first-order valence-corrected chi connectivity index (χ1v) is 9.23. The second-order valence-corrected chi connectivity index (χ2v) is 8.39. The van der Waals surface area contributed by atoms with Gasteiger partial charge in [-0.3, -0.25) is 0 Å². The minimum atomic E-state index is -0.494. The van der Waals surface area contributed by atoms with Gasteiger partial charge in [-0.05, 0) is 76.2 Å². The van der Waals surface area contributed by atoms with Crippen LogP contribution in [0, 0.1) is 11.2 Å². The number of piperidine rings is 2. The normalized spacial score (nSPS) is 23.5. The standard InChI is InChI=1S/C20H29FN2O2/c1-19(2,3)25-18(24)23-13-10-20(8-11-22-12-9-20)17(14-23)15-4-6-16(21)7-5-15/h4-7,17,22H,8-14H2,1-3H3/t17-/m0/s1. The Kier molecular flexibility index (Phi) is 5.05. The fraction of sp³-hybridized carbons (Fsp3) is 0.650. The topological polar surface area (TPSA) is 41.6 Å². The van der Waals surface area contributed by atoms with Gasteiger partial charge in [-0.1, -0.05) is 12.1 Å². The van der Waals surface area contributed by atoms with Crippen molar-refractivity contribution >= 4 is 6.09 Å². The molecule has 2 aliphatic heterocycles. The third kappa shape index (κ3) is 4.14. The first-order valence-electron chi connectivity index (χ1n) is 9.23. The van der Waals surface area contributed by atoms with E-state index in [2.05, 4.69) is 5.32 Å². The maximum atomic E-state index is 13.4. The summed E-state index contributed by atoms with van der Waals surface area (Å²) in [7, 11) is 0. The number of carbonyl (C=O) groups is 1. The molecule has 3 rings (SSSR count). The number of nitrogens with one attached hydrogen (secondary N) is 1. The van der Waals surface area contributed by atoms with Crippen molar-refractivity contribution in [1.82, 2.24) is 10.2 Å². The monoisotopic (exact) mass is 348 g/mol. The summed E-state index contributed by atoms with van der Waals surface area (Å²) in [6.07, 6.45) is 2.91. The lowest BCUT2D eigenvalue weighted by Crippen LogP contribution is -2.52. The van der Waals surface area contributed by atoms with E-state index in [9.17, 15) is 9.18 Å². The molecule has 0 radical (unpaired) electrons. The number of ether oxygens (including phenoxy) is 1. The minimum Gasteiger partial charge on any atom is -0.444 e.